The van der Waals surface area contributed by atoms with Crippen molar-refractivity contribution in [2.75, 3.05) is 41.0 Å². The molecule has 1 unspecified atom stereocenters. The van der Waals surface area contributed by atoms with Crippen molar-refractivity contribution in [1.29, 1.82) is 0 Å². The molecule has 1 aliphatic carbocycles. The number of amides is 1. The lowest BCUT2D eigenvalue weighted by Crippen LogP contribution is -3.15. The number of carbonyl (C=O) groups excluding carboxylic acids is 1. The Labute approximate surface area is 162 Å². The Morgan fingerprint density at radius 1 is 1.04 bits per heavy atom. The van der Waals surface area contributed by atoms with E-state index in [1.54, 1.807) is 21.3 Å². The zero-order valence-corrected chi connectivity index (χ0v) is 16.8. The fourth-order valence-corrected chi connectivity index (χ4v) is 4.68. The summed E-state index contributed by atoms with van der Waals surface area (Å²) in [5.74, 6) is 3.61. The molecular weight excluding hydrogens is 344 g/mol. The van der Waals surface area contributed by atoms with E-state index in [9.17, 15) is 4.79 Å². The maximum absolute atomic E-state index is 12.5. The van der Waals surface area contributed by atoms with Crippen molar-refractivity contribution in [2.24, 2.45) is 11.8 Å². The molecule has 0 spiro atoms. The predicted octanol–water partition coefficient (Wildman–Crippen LogP) is 1.42. The number of hydrogen-bond acceptors (Lipinski definition) is 4. The Hall–Kier alpha value is -1.95. The summed E-state index contributed by atoms with van der Waals surface area (Å²) < 4.78 is 16.1. The van der Waals surface area contributed by atoms with Gasteiger partial charge in [0.2, 0.25) is 5.75 Å². The molecule has 0 aromatic heterocycles. The molecule has 1 aromatic rings. The standard InChI is InChI=1S/C21H32N2O4/c1-25-18-10-15(11-19(26-2)21(18)27-3)12-22-20(24)14-23-9-8-16-6-4-5-7-17(16)13-23/h10-11,16-17H,4-9,12-14H2,1-3H3,(H,22,24)/p+1/t16-,17-/m1/s1. The second-order valence-electron chi connectivity index (χ2n) is 7.78. The molecule has 3 atom stereocenters. The van der Waals surface area contributed by atoms with E-state index in [1.807, 2.05) is 12.1 Å². The summed E-state index contributed by atoms with van der Waals surface area (Å²) in [5.41, 5.74) is 0.929. The number of methoxy groups -OCH3 is 3. The lowest BCUT2D eigenvalue weighted by molar-refractivity contribution is -0.902. The van der Waals surface area contributed by atoms with Crippen LogP contribution in [0.15, 0.2) is 12.1 Å². The number of benzene rings is 1. The van der Waals surface area contributed by atoms with Gasteiger partial charge >= 0.3 is 0 Å². The smallest absolute Gasteiger partial charge is 0.275 e. The molecule has 6 heteroatoms. The van der Waals surface area contributed by atoms with E-state index < -0.39 is 0 Å². The van der Waals surface area contributed by atoms with Crippen molar-refractivity contribution >= 4 is 5.91 Å². The van der Waals surface area contributed by atoms with Gasteiger partial charge in [-0.2, -0.15) is 0 Å². The molecule has 1 aliphatic heterocycles. The normalized spacial score (nSPS) is 24.6. The van der Waals surface area contributed by atoms with Gasteiger partial charge in [0.1, 0.15) is 0 Å². The summed E-state index contributed by atoms with van der Waals surface area (Å²) in [7, 11) is 4.77. The molecule has 2 fully saturated rings. The molecule has 1 aromatic carbocycles. The third kappa shape index (κ3) is 4.86. The van der Waals surface area contributed by atoms with Gasteiger partial charge in [-0.1, -0.05) is 12.8 Å². The number of carbonyl (C=O) groups is 1. The number of hydrogen-bond donors (Lipinski definition) is 2. The van der Waals surface area contributed by atoms with Crippen molar-refractivity contribution in [3.63, 3.8) is 0 Å². The van der Waals surface area contributed by atoms with E-state index in [4.69, 9.17) is 14.2 Å². The zero-order chi connectivity index (χ0) is 19.2. The van der Waals surface area contributed by atoms with E-state index >= 15 is 0 Å². The van der Waals surface area contributed by atoms with Crippen LogP contribution in [0.1, 0.15) is 37.7 Å². The first-order valence-electron chi connectivity index (χ1n) is 10.0. The molecule has 1 saturated heterocycles. The first-order chi connectivity index (χ1) is 13.1. The first-order valence-corrected chi connectivity index (χ1v) is 10.0. The lowest BCUT2D eigenvalue weighted by atomic mass is 9.75. The van der Waals surface area contributed by atoms with Crippen LogP contribution in [0.25, 0.3) is 0 Å². The molecule has 3 rings (SSSR count). The highest BCUT2D eigenvalue weighted by atomic mass is 16.5. The number of nitrogens with one attached hydrogen (secondary N) is 2. The first kappa shape index (κ1) is 19.8. The summed E-state index contributed by atoms with van der Waals surface area (Å²) in [5, 5.41) is 3.05. The van der Waals surface area contributed by atoms with Crippen LogP contribution in [0, 0.1) is 11.8 Å². The largest absolute Gasteiger partial charge is 0.493 e. The van der Waals surface area contributed by atoms with Crippen LogP contribution >= 0.6 is 0 Å². The number of piperidine rings is 1. The van der Waals surface area contributed by atoms with Crippen molar-refractivity contribution in [1.82, 2.24) is 5.32 Å². The monoisotopic (exact) mass is 377 g/mol. The van der Waals surface area contributed by atoms with Gasteiger partial charge in [-0.25, -0.2) is 0 Å². The molecule has 1 heterocycles. The Morgan fingerprint density at radius 3 is 2.33 bits per heavy atom. The van der Waals surface area contributed by atoms with Crippen molar-refractivity contribution in [3.05, 3.63) is 17.7 Å². The maximum Gasteiger partial charge on any atom is 0.275 e. The average Bonchev–Trinajstić information content (AvgIpc) is 2.71. The Bertz CT molecular complexity index is 624. The third-order valence-corrected chi connectivity index (χ3v) is 6.11. The summed E-state index contributed by atoms with van der Waals surface area (Å²) in [6.07, 6.45) is 6.78. The second-order valence-corrected chi connectivity index (χ2v) is 7.78. The van der Waals surface area contributed by atoms with Gasteiger partial charge in [-0.3, -0.25) is 4.79 Å². The quantitative estimate of drug-likeness (QED) is 0.755. The van der Waals surface area contributed by atoms with Gasteiger partial charge in [0.25, 0.3) is 5.91 Å². The Kier molecular flexibility index (Phi) is 6.83. The summed E-state index contributed by atoms with van der Waals surface area (Å²) >= 11 is 0. The fraction of sp³-hybridized carbons (Fsp3) is 0.667. The minimum Gasteiger partial charge on any atom is -0.493 e. The third-order valence-electron chi connectivity index (χ3n) is 6.11. The summed E-state index contributed by atoms with van der Waals surface area (Å²) in [6.45, 7) is 3.30. The summed E-state index contributed by atoms with van der Waals surface area (Å²) in [6, 6.07) is 3.75. The number of rotatable bonds is 7. The number of fused-ring (bicyclic) bond motifs is 1. The minimum absolute atomic E-state index is 0.105. The SMILES string of the molecule is COc1cc(CNC(=O)C[NH+]2CC[C@H]3CCCC[C@@H]3C2)cc(OC)c1OC. The van der Waals surface area contributed by atoms with Crippen LogP contribution in [0.5, 0.6) is 17.2 Å². The Morgan fingerprint density at radius 2 is 1.70 bits per heavy atom. The van der Waals surface area contributed by atoms with Gasteiger partial charge in [0, 0.05) is 12.5 Å². The lowest BCUT2D eigenvalue weighted by Gasteiger charge is -2.38. The molecule has 2 N–H and O–H groups in total. The predicted molar refractivity (Wildman–Crippen MR) is 104 cm³/mol. The van der Waals surface area contributed by atoms with Gasteiger partial charge in [-0.05, 0) is 42.9 Å². The molecule has 1 amide bonds. The van der Waals surface area contributed by atoms with Gasteiger partial charge < -0.3 is 24.4 Å². The van der Waals surface area contributed by atoms with Crippen LogP contribution in [-0.2, 0) is 11.3 Å². The van der Waals surface area contributed by atoms with E-state index in [2.05, 4.69) is 5.32 Å². The minimum atomic E-state index is 0.105. The molecule has 1 saturated carbocycles. The van der Waals surface area contributed by atoms with Crippen molar-refractivity contribution < 1.29 is 23.9 Å². The molecule has 6 nitrogen and oxygen atoms in total. The number of quaternary nitrogens is 1. The molecule has 0 radical (unpaired) electrons. The number of likely N-dealkylation sites (tertiary alicyclic amines) is 1. The molecule has 2 aliphatic rings. The fourth-order valence-electron chi connectivity index (χ4n) is 4.68. The van der Waals surface area contributed by atoms with Gasteiger partial charge in [0.15, 0.2) is 18.0 Å². The van der Waals surface area contributed by atoms with Crippen LogP contribution in [0.4, 0.5) is 0 Å². The summed E-state index contributed by atoms with van der Waals surface area (Å²) in [4.78, 5) is 13.9. The highest BCUT2D eigenvalue weighted by Gasteiger charge is 2.34. The molecule has 0 bridgehead atoms. The maximum atomic E-state index is 12.5. The molecule has 27 heavy (non-hydrogen) atoms. The van der Waals surface area contributed by atoms with Crippen molar-refractivity contribution in [2.45, 2.75) is 38.6 Å². The van der Waals surface area contributed by atoms with E-state index in [0.29, 0.717) is 30.3 Å². The second kappa shape index (κ2) is 9.31. The van der Waals surface area contributed by atoms with E-state index in [1.165, 1.54) is 37.0 Å². The average molecular weight is 378 g/mol. The highest BCUT2D eigenvalue weighted by Crippen LogP contribution is 2.38. The van der Waals surface area contributed by atoms with Crippen LogP contribution in [0.2, 0.25) is 0 Å². The Balaban J connectivity index is 1.53. The van der Waals surface area contributed by atoms with E-state index in [-0.39, 0.29) is 5.91 Å². The van der Waals surface area contributed by atoms with Crippen LogP contribution < -0.4 is 24.4 Å². The van der Waals surface area contributed by atoms with Crippen LogP contribution in [-0.4, -0.2) is 46.9 Å². The molecular formula is C21H33N2O4+. The highest BCUT2D eigenvalue weighted by molar-refractivity contribution is 5.76. The van der Waals surface area contributed by atoms with Gasteiger partial charge in [-0.15, -0.1) is 0 Å². The zero-order valence-electron chi connectivity index (χ0n) is 16.8. The number of ether oxygens (including phenoxy) is 3. The van der Waals surface area contributed by atoms with Gasteiger partial charge in [0.05, 0.1) is 34.4 Å². The van der Waals surface area contributed by atoms with Crippen LogP contribution in [0.3, 0.4) is 0 Å². The van der Waals surface area contributed by atoms with Crippen molar-refractivity contribution in [3.8, 4) is 17.2 Å². The molecule has 150 valence electrons. The topological polar surface area (TPSA) is 61.2 Å². The van der Waals surface area contributed by atoms with E-state index in [0.717, 1.165) is 30.5 Å².